The Hall–Kier alpha value is -2.11. The third kappa shape index (κ3) is 4.17. The third-order valence-corrected chi connectivity index (χ3v) is 5.28. The monoisotopic (exact) mass is 373 g/mol. The molecule has 0 radical (unpaired) electrons. The lowest BCUT2D eigenvalue weighted by atomic mass is 9.96. The van der Waals surface area contributed by atoms with Gasteiger partial charge in [-0.25, -0.2) is 4.79 Å². The van der Waals surface area contributed by atoms with E-state index in [0.29, 0.717) is 13.2 Å². The number of rotatable bonds is 7. The summed E-state index contributed by atoms with van der Waals surface area (Å²) in [5.41, 5.74) is 2.07. The lowest BCUT2D eigenvalue weighted by Gasteiger charge is -2.28. The molecule has 3 rings (SSSR count). The first-order chi connectivity index (χ1) is 12.6. The number of halogens is 1. The van der Waals surface area contributed by atoms with Gasteiger partial charge in [0, 0.05) is 37.3 Å². The lowest BCUT2D eigenvalue weighted by molar-refractivity contribution is 0.114. The Kier molecular flexibility index (Phi) is 5.79. The number of likely N-dealkylation sites (N-methyl/N-ethyl adjacent to an activating group) is 1. The standard InChI is InChI=1S/C20H24ClN3O2/c1-24(18(13-26-2)17-5-3-4-12-22-17)19(25)23-14-20(10-11-20)15-6-8-16(21)9-7-15/h3-9,12,18H,10-11,13-14H2,1-2H3,(H,23,25)/t18-/m0/s1. The molecule has 1 saturated carbocycles. The molecule has 0 spiro atoms. The summed E-state index contributed by atoms with van der Waals surface area (Å²) in [6.07, 6.45) is 3.87. The molecule has 1 heterocycles. The van der Waals surface area contributed by atoms with Crippen molar-refractivity contribution in [1.29, 1.82) is 0 Å². The van der Waals surface area contributed by atoms with Crippen molar-refractivity contribution in [3.63, 3.8) is 0 Å². The zero-order valence-corrected chi connectivity index (χ0v) is 15.9. The number of amides is 2. The van der Waals surface area contributed by atoms with Crippen LogP contribution in [0, 0.1) is 0 Å². The number of ether oxygens (including phenoxy) is 1. The maximum Gasteiger partial charge on any atom is 0.317 e. The lowest BCUT2D eigenvalue weighted by Crippen LogP contribution is -2.43. The molecule has 26 heavy (non-hydrogen) atoms. The van der Waals surface area contributed by atoms with Gasteiger partial charge in [0.15, 0.2) is 0 Å². The van der Waals surface area contributed by atoms with Crippen molar-refractivity contribution in [3.8, 4) is 0 Å². The van der Waals surface area contributed by atoms with Crippen LogP contribution >= 0.6 is 11.6 Å². The molecule has 0 bridgehead atoms. The minimum Gasteiger partial charge on any atom is -0.382 e. The second kappa shape index (κ2) is 8.06. The highest BCUT2D eigenvalue weighted by Crippen LogP contribution is 2.47. The summed E-state index contributed by atoms with van der Waals surface area (Å²) in [7, 11) is 3.40. The molecule has 0 aliphatic heterocycles. The Morgan fingerprint density at radius 3 is 2.62 bits per heavy atom. The highest BCUT2D eigenvalue weighted by molar-refractivity contribution is 6.30. The summed E-state index contributed by atoms with van der Waals surface area (Å²) >= 11 is 5.98. The van der Waals surface area contributed by atoms with Crippen LogP contribution in [-0.2, 0) is 10.2 Å². The van der Waals surface area contributed by atoms with Crippen molar-refractivity contribution in [1.82, 2.24) is 15.2 Å². The van der Waals surface area contributed by atoms with E-state index in [0.717, 1.165) is 23.6 Å². The molecule has 1 aliphatic rings. The van der Waals surface area contributed by atoms with Crippen molar-refractivity contribution in [2.45, 2.75) is 24.3 Å². The summed E-state index contributed by atoms with van der Waals surface area (Å²) in [5, 5.41) is 3.81. The van der Waals surface area contributed by atoms with E-state index in [-0.39, 0.29) is 17.5 Å². The van der Waals surface area contributed by atoms with E-state index >= 15 is 0 Å². The number of urea groups is 1. The number of carbonyl (C=O) groups excluding carboxylic acids is 1. The Morgan fingerprint density at radius 2 is 2.04 bits per heavy atom. The normalized spacial score (nSPS) is 16.0. The second-order valence-electron chi connectivity index (χ2n) is 6.78. The summed E-state index contributed by atoms with van der Waals surface area (Å²) in [4.78, 5) is 18.7. The maximum absolute atomic E-state index is 12.7. The Bertz CT molecular complexity index is 732. The van der Waals surface area contributed by atoms with E-state index in [2.05, 4.69) is 10.3 Å². The first-order valence-electron chi connectivity index (χ1n) is 8.72. The van der Waals surface area contributed by atoms with Crippen LogP contribution in [0.5, 0.6) is 0 Å². The fraction of sp³-hybridized carbons (Fsp3) is 0.400. The van der Waals surface area contributed by atoms with Gasteiger partial charge in [0.2, 0.25) is 0 Å². The van der Waals surface area contributed by atoms with Crippen LogP contribution in [0.15, 0.2) is 48.7 Å². The molecule has 1 aliphatic carbocycles. The van der Waals surface area contributed by atoms with Crippen molar-refractivity contribution in [2.75, 3.05) is 27.3 Å². The molecule has 1 atom stereocenters. The predicted molar refractivity (Wildman–Crippen MR) is 102 cm³/mol. The number of carbonyl (C=O) groups is 1. The summed E-state index contributed by atoms with van der Waals surface area (Å²) in [5.74, 6) is 0. The van der Waals surface area contributed by atoms with Gasteiger partial charge < -0.3 is 15.0 Å². The Balaban J connectivity index is 1.64. The number of benzene rings is 1. The number of nitrogens with zero attached hydrogens (tertiary/aromatic N) is 2. The highest BCUT2D eigenvalue weighted by atomic mass is 35.5. The van der Waals surface area contributed by atoms with Gasteiger partial charge in [0.05, 0.1) is 18.3 Å². The van der Waals surface area contributed by atoms with Gasteiger partial charge in [-0.05, 0) is 42.7 Å². The smallest absolute Gasteiger partial charge is 0.317 e. The van der Waals surface area contributed by atoms with Gasteiger partial charge in [-0.2, -0.15) is 0 Å². The highest BCUT2D eigenvalue weighted by Gasteiger charge is 2.44. The van der Waals surface area contributed by atoms with E-state index in [9.17, 15) is 4.79 Å². The molecule has 5 nitrogen and oxygen atoms in total. The first-order valence-corrected chi connectivity index (χ1v) is 9.10. The largest absolute Gasteiger partial charge is 0.382 e. The topological polar surface area (TPSA) is 54.5 Å². The fourth-order valence-electron chi connectivity index (χ4n) is 3.16. The predicted octanol–water partition coefficient (Wildman–Crippen LogP) is 3.80. The summed E-state index contributed by atoms with van der Waals surface area (Å²) in [6, 6.07) is 13.2. The van der Waals surface area contributed by atoms with Crippen LogP contribution in [-0.4, -0.2) is 43.2 Å². The Labute approximate surface area is 159 Å². The molecule has 2 amide bonds. The van der Waals surface area contributed by atoms with E-state index in [4.69, 9.17) is 16.3 Å². The molecule has 0 saturated heterocycles. The van der Waals surface area contributed by atoms with Gasteiger partial charge >= 0.3 is 6.03 Å². The zero-order chi connectivity index (χ0) is 18.6. The van der Waals surface area contributed by atoms with E-state index < -0.39 is 0 Å². The van der Waals surface area contributed by atoms with Crippen molar-refractivity contribution in [2.24, 2.45) is 0 Å². The molecule has 6 heteroatoms. The van der Waals surface area contributed by atoms with E-state index in [1.807, 2.05) is 42.5 Å². The summed E-state index contributed by atoms with van der Waals surface area (Å²) in [6.45, 7) is 1.00. The molecule has 1 N–H and O–H groups in total. The van der Waals surface area contributed by atoms with Crippen LogP contribution in [0.3, 0.4) is 0 Å². The molecular formula is C20H24ClN3O2. The molecule has 138 valence electrons. The first kappa shape index (κ1) is 18.7. The van der Waals surface area contributed by atoms with Gasteiger partial charge in [-0.1, -0.05) is 29.8 Å². The van der Waals surface area contributed by atoms with Crippen molar-refractivity contribution < 1.29 is 9.53 Å². The van der Waals surface area contributed by atoms with E-state index in [1.54, 1.807) is 25.3 Å². The molecule has 2 aromatic rings. The second-order valence-corrected chi connectivity index (χ2v) is 7.22. The minimum atomic E-state index is -0.230. The molecule has 1 aromatic carbocycles. The van der Waals surface area contributed by atoms with Crippen LogP contribution in [0.25, 0.3) is 0 Å². The zero-order valence-electron chi connectivity index (χ0n) is 15.1. The van der Waals surface area contributed by atoms with Gasteiger partial charge in [-0.3, -0.25) is 4.98 Å². The number of pyridine rings is 1. The van der Waals surface area contributed by atoms with Gasteiger partial charge in [-0.15, -0.1) is 0 Å². The third-order valence-electron chi connectivity index (χ3n) is 5.03. The van der Waals surface area contributed by atoms with Gasteiger partial charge in [0.1, 0.15) is 0 Å². The molecule has 0 unspecified atom stereocenters. The average Bonchev–Trinajstić information content (AvgIpc) is 3.46. The SMILES string of the molecule is COC[C@@H](c1ccccn1)N(C)C(=O)NCC1(c2ccc(Cl)cc2)CC1. The summed E-state index contributed by atoms with van der Waals surface area (Å²) < 4.78 is 5.29. The van der Waals surface area contributed by atoms with Crippen LogP contribution in [0.1, 0.15) is 30.1 Å². The number of nitrogens with one attached hydrogen (secondary N) is 1. The van der Waals surface area contributed by atoms with Crippen LogP contribution < -0.4 is 5.32 Å². The number of hydrogen-bond acceptors (Lipinski definition) is 3. The molecule has 1 aromatic heterocycles. The number of hydrogen-bond donors (Lipinski definition) is 1. The van der Waals surface area contributed by atoms with Crippen molar-refractivity contribution >= 4 is 17.6 Å². The average molecular weight is 374 g/mol. The van der Waals surface area contributed by atoms with E-state index in [1.165, 1.54) is 5.56 Å². The quantitative estimate of drug-likeness (QED) is 0.803. The van der Waals surface area contributed by atoms with Crippen LogP contribution in [0.4, 0.5) is 4.79 Å². The maximum atomic E-state index is 12.7. The fourth-order valence-corrected chi connectivity index (χ4v) is 3.29. The molecular weight excluding hydrogens is 350 g/mol. The molecule has 1 fully saturated rings. The Morgan fingerprint density at radius 1 is 1.31 bits per heavy atom. The number of aromatic nitrogens is 1. The minimum absolute atomic E-state index is 0.0306. The van der Waals surface area contributed by atoms with Gasteiger partial charge in [0.25, 0.3) is 0 Å². The number of methoxy groups -OCH3 is 1. The van der Waals surface area contributed by atoms with Crippen LogP contribution in [0.2, 0.25) is 5.02 Å². The van der Waals surface area contributed by atoms with Crippen molar-refractivity contribution in [3.05, 3.63) is 64.9 Å².